The average Bonchev–Trinajstić information content (AvgIpc) is 2.39. The number of hydrazine groups is 1. The Balaban J connectivity index is 2.83. The van der Waals surface area contributed by atoms with Gasteiger partial charge in [-0.2, -0.15) is 0 Å². The van der Waals surface area contributed by atoms with Crippen molar-refractivity contribution in [3.63, 3.8) is 0 Å². The molecule has 5 N–H and O–H groups in total. The molecule has 6 nitrogen and oxygen atoms in total. The van der Waals surface area contributed by atoms with E-state index in [-0.39, 0.29) is 12.0 Å². The number of aliphatic hydroxyl groups is 1. The molecule has 0 aliphatic heterocycles. The molecule has 0 atom stereocenters. The molecule has 114 valence electrons. The summed E-state index contributed by atoms with van der Waals surface area (Å²) in [5, 5.41) is 12.1. The highest BCUT2D eigenvalue weighted by molar-refractivity contribution is 5.57. The Bertz CT molecular complexity index is 428. The summed E-state index contributed by atoms with van der Waals surface area (Å²) in [5.74, 6) is 7.77. The Morgan fingerprint density at radius 1 is 1.10 bits per heavy atom. The Kier molecular flexibility index (Phi) is 6.16. The standard InChI is InChI=1S/C14H27N5O/c1-10-11(16-8-6-5-7-9-20)17-13(14(2,3)4)18-12(10)19-15/h20H,5-9,15H2,1-4H3,(H2,16,17,18,19). The summed E-state index contributed by atoms with van der Waals surface area (Å²) in [6.07, 6.45) is 2.84. The zero-order chi connectivity index (χ0) is 15.2. The molecule has 0 aliphatic rings. The normalized spacial score (nSPS) is 11.5. The van der Waals surface area contributed by atoms with Crippen molar-refractivity contribution in [2.75, 3.05) is 23.9 Å². The number of nitrogens with two attached hydrogens (primary N) is 1. The van der Waals surface area contributed by atoms with Crippen LogP contribution in [0, 0.1) is 6.92 Å². The predicted molar refractivity (Wildman–Crippen MR) is 82.7 cm³/mol. The van der Waals surface area contributed by atoms with E-state index >= 15 is 0 Å². The fourth-order valence-corrected chi connectivity index (χ4v) is 1.79. The summed E-state index contributed by atoms with van der Waals surface area (Å²) in [6, 6.07) is 0. The van der Waals surface area contributed by atoms with Crippen molar-refractivity contribution in [3.05, 3.63) is 11.4 Å². The number of anilines is 2. The van der Waals surface area contributed by atoms with Gasteiger partial charge >= 0.3 is 0 Å². The van der Waals surface area contributed by atoms with Crippen molar-refractivity contribution in [1.82, 2.24) is 9.97 Å². The number of aliphatic hydroxyl groups excluding tert-OH is 1. The first-order valence-electron chi connectivity index (χ1n) is 7.10. The van der Waals surface area contributed by atoms with Crippen molar-refractivity contribution in [1.29, 1.82) is 0 Å². The molecule has 0 saturated heterocycles. The van der Waals surface area contributed by atoms with Gasteiger partial charge in [0.1, 0.15) is 17.5 Å². The topological polar surface area (TPSA) is 96.1 Å². The van der Waals surface area contributed by atoms with E-state index in [0.29, 0.717) is 5.82 Å². The molecule has 1 aromatic heterocycles. The van der Waals surface area contributed by atoms with E-state index in [1.807, 2.05) is 6.92 Å². The number of nitrogens with zero attached hydrogens (tertiary/aromatic N) is 2. The second kappa shape index (κ2) is 7.40. The van der Waals surface area contributed by atoms with Crippen LogP contribution in [0.1, 0.15) is 51.4 Å². The van der Waals surface area contributed by atoms with Gasteiger partial charge in [-0.15, -0.1) is 0 Å². The third kappa shape index (κ3) is 4.61. The van der Waals surface area contributed by atoms with Crippen LogP contribution in [0.3, 0.4) is 0 Å². The highest BCUT2D eigenvalue weighted by Gasteiger charge is 2.20. The first kappa shape index (κ1) is 16.7. The summed E-state index contributed by atoms with van der Waals surface area (Å²) >= 11 is 0. The molecule has 0 aromatic carbocycles. The second-order valence-corrected chi connectivity index (χ2v) is 5.97. The molecule has 0 unspecified atom stereocenters. The van der Waals surface area contributed by atoms with Crippen LogP contribution in [-0.4, -0.2) is 28.2 Å². The predicted octanol–water partition coefficient (Wildman–Crippen LogP) is 1.94. The SMILES string of the molecule is Cc1c(NN)nc(C(C)(C)C)nc1NCCCCCO. The Morgan fingerprint density at radius 2 is 1.75 bits per heavy atom. The molecule has 0 saturated carbocycles. The summed E-state index contributed by atoms with van der Waals surface area (Å²) in [4.78, 5) is 9.06. The molecule has 0 bridgehead atoms. The van der Waals surface area contributed by atoms with Crippen molar-refractivity contribution < 1.29 is 5.11 Å². The maximum Gasteiger partial charge on any atom is 0.148 e. The van der Waals surface area contributed by atoms with Crippen molar-refractivity contribution in [2.24, 2.45) is 5.84 Å². The quantitative estimate of drug-likeness (QED) is 0.346. The number of nitrogen functional groups attached to an aromatic ring is 1. The number of hydrogen-bond donors (Lipinski definition) is 4. The Hall–Kier alpha value is -1.40. The third-order valence-corrected chi connectivity index (χ3v) is 3.08. The van der Waals surface area contributed by atoms with E-state index in [0.717, 1.165) is 43.0 Å². The molecule has 0 spiro atoms. The van der Waals surface area contributed by atoms with Crippen LogP contribution in [0.5, 0.6) is 0 Å². The molecule has 0 fully saturated rings. The highest BCUT2D eigenvalue weighted by atomic mass is 16.2. The molecule has 0 radical (unpaired) electrons. The molecule has 0 amide bonds. The van der Waals surface area contributed by atoms with Crippen LogP contribution in [0.2, 0.25) is 0 Å². The van der Waals surface area contributed by atoms with Gasteiger partial charge in [0, 0.05) is 24.1 Å². The Morgan fingerprint density at radius 3 is 2.30 bits per heavy atom. The van der Waals surface area contributed by atoms with Crippen molar-refractivity contribution in [3.8, 4) is 0 Å². The fraction of sp³-hybridized carbons (Fsp3) is 0.714. The van der Waals surface area contributed by atoms with Gasteiger partial charge in [0.05, 0.1) is 0 Å². The summed E-state index contributed by atoms with van der Waals surface area (Å²) < 4.78 is 0. The number of hydrogen-bond acceptors (Lipinski definition) is 6. The monoisotopic (exact) mass is 281 g/mol. The van der Waals surface area contributed by atoms with Gasteiger partial charge < -0.3 is 15.8 Å². The lowest BCUT2D eigenvalue weighted by atomic mass is 9.95. The molecule has 1 aromatic rings. The zero-order valence-corrected chi connectivity index (χ0v) is 13.0. The summed E-state index contributed by atoms with van der Waals surface area (Å²) in [7, 11) is 0. The second-order valence-electron chi connectivity index (χ2n) is 5.97. The largest absolute Gasteiger partial charge is 0.396 e. The summed E-state index contributed by atoms with van der Waals surface area (Å²) in [5.41, 5.74) is 3.42. The van der Waals surface area contributed by atoms with Gasteiger partial charge in [-0.3, -0.25) is 0 Å². The maximum atomic E-state index is 8.76. The highest BCUT2D eigenvalue weighted by Crippen LogP contribution is 2.25. The smallest absolute Gasteiger partial charge is 0.148 e. The van der Waals surface area contributed by atoms with Gasteiger partial charge in [0.25, 0.3) is 0 Å². The van der Waals surface area contributed by atoms with E-state index in [1.54, 1.807) is 0 Å². The van der Waals surface area contributed by atoms with E-state index in [1.165, 1.54) is 0 Å². The van der Waals surface area contributed by atoms with Gasteiger partial charge in [-0.1, -0.05) is 20.8 Å². The Labute approximate surface area is 121 Å². The first-order chi connectivity index (χ1) is 9.40. The van der Waals surface area contributed by atoms with Crippen LogP contribution >= 0.6 is 0 Å². The molecule has 20 heavy (non-hydrogen) atoms. The number of aromatic nitrogens is 2. The van der Waals surface area contributed by atoms with E-state index in [2.05, 4.69) is 41.5 Å². The van der Waals surface area contributed by atoms with Gasteiger partial charge in [0.2, 0.25) is 0 Å². The molecule has 6 heteroatoms. The lowest BCUT2D eigenvalue weighted by Gasteiger charge is -2.20. The minimum Gasteiger partial charge on any atom is -0.396 e. The first-order valence-corrected chi connectivity index (χ1v) is 7.10. The van der Waals surface area contributed by atoms with E-state index < -0.39 is 0 Å². The molecular formula is C14H27N5O. The summed E-state index contributed by atoms with van der Waals surface area (Å²) in [6.45, 7) is 9.24. The van der Waals surface area contributed by atoms with Crippen LogP contribution < -0.4 is 16.6 Å². The lowest BCUT2D eigenvalue weighted by Crippen LogP contribution is -2.21. The fourth-order valence-electron chi connectivity index (χ4n) is 1.79. The van der Waals surface area contributed by atoms with E-state index in [9.17, 15) is 0 Å². The number of unbranched alkanes of at least 4 members (excludes halogenated alkanes) is 2. The van der Waals surface area contributed by atoms with Crippen LogP contribution in [0.25, 0.3) is 0 Å². The molecular weight excluding hydrogens is 254 g/mol. The average molecular weight is 281 g/mol. The van der Waals surface area contributed by atoms with Crippen LogP contribution in [-0.2, 0) is 5.41 Å². The molecule has 0 aliphatic carbocycles. The van der Waals surface area contributed by atoms with Gasteiger partial charge in [0.15, 0.2) is 0 Å². The van der Waals surface area contributed by atoms with Gasteiger partial charge in [-0.25, -0.2) is 15.8 Å². The van der Waals surface area contributed by atoms with Crippen LogP contribution in [0.15, 0.2) is 0 Å². The number of rotatable bonds is 7. The minimum atomic E-state index is -0.132. The van der Waals surface area contributed by atoms with Crippen molar-refractivity contribution >= 4 is 11.6 Å². The maximum absolute atomic E-state index is 8.76. The molecule has 1 rings (SSSR count). The van der Waals surface area contributed by atoms with Crippen LogP contribution in [0.4, 0.5) is 11.6 Å². The third-order valence-electron chi connectivity index (χ3n) is 3.08. The minimum absolute atomic E-state index is 0.132. The molecule has 1 heterocycles. The van der Waals surface area contributed by atoms with Crippen molar-refractivity contribution in [2.45, 2.75) is 52.4 Å². The van der Waals surface area contributed by atoms with Gasteiger partial charge in [-0.05, 0) is 26.2 Å². The zero-order valence-electron chi connectivity index (χ0n) is 13.0. The van der Waals surface area contributed by atoms with E-state index in [4.69, 9.17) is 10.9 Å². The lowest BCUT2D eigenvalue weighted by molar-refractivity contribution is 0.283. The number of nitrogens with one attached hydrogen (secondary N) is 2.